The second-order valence-electron chi connectivity index (χ2n) is 4.39. The van der Waals surface area contributed by atoms with Gasteiger partial charge in [-0.05, 0) is 23.6 Å². The van der Waals surface area contributed by atoms with Gasteiger partial charge in [-0.1, -0.05) is 44.0 Å². The number of aldehydes is 1. The van der Waals surface area contributed by atoms with Crippen LogP contribution in [-0.4, -0.2) is 17.5 Å². The summed E-state index contributed by atoms with van der Waals surface area (Å²) in [6.45, 7) is 2.18. The molecule has 0 fully saturated rings. The molecule has 3 heteroatoms. The highest BCUT2D eigenvalue weighted by Crippen LogP contribution is 2.31. The van der Waals surface area contributed by atoms with E-state index in [-0.39, 0.29) is 6.04 Å². The third kappa shape index (κ3) is 2.67. The number of carbonyl (C=O) groups excluding carboxylic acids is 1. The van der Waals surface area contributed by atoms with Crippen LogP contribution in [0, 0.1) is 0 Å². The lowest BCUT2D eigenvalue weighted by Crippen LogP contribution is -2.23. The van der Waals surface area contributed by atoms with Crippen molar-refractivity contribution in [1.29, 1.82) is 0 Å². The van der Waals surface area contributed by atoms with Crippen LogP contribution in [0.15, 0.2) is 41.6 Å². The van der Waals surface area contributed by atoms with E-state index in [0.717, 1.165) is 25.5 Å². The third-order valence-corrected chi connectivity index (χ3v) is 3.15. The summed E-state index contributed by atoms with van der Waals surface area (Å²) in [4.78, 5) is 10.4. The van der Waals surface area contributed by atoms with Gasteiger partial charge in [-0.25, -0.2) is 0 Å². The maximum Gasteiger partial charge on any atom is 0.144 e. The predicted octanol–water partition coefficient (Wildman–Crippen LogP) is 3.28. The molecule has 0 radical (unpaired) electrons. The summed E-state index contributed by atoms with van der Waals surface area (Å²) in [7, 11) is 0. The van der Waals surface area contributed by atoms with Crippen molar-refractivity contribution in [2.24, 2.45) is 5.10 Å². The number of benzene rings is 1. The van der Waals surface area contributed by atoms with Crippen LogP contribution in [0.5, 0.6) is 0 Å². The lowest BCUT2D eigenvalue weighted by Gasteiger charge is -2.30. The molecular weight excluding hydrogens is 224 g/mol. The molecule has 18 heavy (non-hydrogen) atoms. The van der Waals surface area contributed by atoms with Gasteiger partial charge in [0.15, 0.2) is 0 Å². The van der Waals surface area contributed by atoms with Crippen molar-refractivity contribution in [3.8, 4) is 0 Å². The highest BCUT2D eigenvalue weighted by Gasteiger charge is 2.22. The zero-order valence-corrected chi connectivity index (χ0v) is 10.6. The Kier molecular flexibility index (Phi) is 4.29. The second-order valence-corrected chi connectivity index (χ2v) is 4.39. The van der Waals surface area contributed by atoms with Crippen LogP contribution in [0.4, 0.5) is 0 Å². The molecule has 3 nitrogen and oxygen atoms in total. The monoisotopic (exact) mass is 242 g/mol. The van der Waals surface area contributed by atoms with Gasteiger partial charge in [-0.3, -0.25) is 9.80 Å². The molecule has 0 spiro atoms. The van der Waals surface area contributed by atoms with Gasteiger partial charge < -0.3 is 0 Å². The van der Waals surface area contributed by atoms with Gasteiger partial charge in [0.05, 0.1) is 12.3 Å². The van der Waals surface area contributed by atoms with Gasteiger partial charge in [-0.2, -0.15) is 5.10 Å². The summed E-state index contributed by atoms with van der Waals surface area (Å²) < 4.78 is 0. The van der Waals surface area contributed by atoms with Gasteiger partial charge in [0.1, 0.15) is 6.29 Å². The fraction of sp³-hybridized carbons (Fsp3) is 0.333. The highest BCUT2D eigenvalue weighted by molar-refractivity contribution is 5.83. The van der Waals surface area contributed by atoms with E-state index in [9.17, 15) is 4.79 Å². The molecule has 1 aromatic carbocycles. The molecule has 0 N–H and O–H groups in total. The van der Waals surface area contributed by atoms with E-state index in [1.165, 1.54) is 17.2 Å². The van der Waals surface area contributed by atoms with Crippen LogP contribution < -0.4 is 0 Å². The molecule has 1 aliphatic rings. The largest absolute Gasteiger partial charge is 0.299 e. The first kappa shape index (κ1) is 12.6. The molecule has 0 bridgehead atoms. The fourth-order valence-corrected chi connectivity index (χ4v) is 2.23. The Bertz CT molecular complexity index is 465. The Morgan fingerprint density at radius 2 is 2.22 bits per heavy atom. The van der Waals surface area contributed by atoms with E-state index in [4.69, 9.17) is 0 Å². The number of hydrogen-bond donors (Lipinski definition) is 0. The van der Waals surface area contributed by atoms with Crippen LogP contribution in [0.25, 0.3) is 0 Å². The van der Waals surface area contributed by atoms with E-state index < -0.39 is 0 Å². The molecule has 2 rings (SSSR count). The van der Waals surface area contributed by atoms with E-state index in [0.29, 0.717) is 0 Å². The Morgan fingerprint density at radius 1 is 1.39 bits per heavy atom. The number of hydrogen-bond acceptors (Lipinski definition) is 3. The quantitative estimate of drug-likeness (QED) is 0.586. The number of hydrazone groups is 1. The van der Waals surface area contributed by atoms with Gasteiger partial charge in [-0.15, -0.1) is 0 Å². The minimum absolute atomic E-state index is 0.238. The summed E-state index contributed by atoms with van der Waals surface area (Å²) in [6, 6.07) is 8.54. The zero-order valence-electron chi connectivity index (χ0n) is 10.6. The minimum atomic E-state index is 0.238. The van der Waals surface area contributed by atoms with Gasteiger partial charge in [0.2, 0.25) is 0 Å². The Balaban J connectivity index is 2.28. The molecule has 1 unspecified atom stereocenters. The number of carbonyl (C=O) groups is 1. The van der Waals surface area contributed by atoms with E-state index in [1.54, 1.807) is 6.20 Å². The fourth-order valence-electron chi connectivity index (χ4n) is 2.23. The normalized spacial score (nSPS) is 18.1. The summed E-state index contributed by atoms with van der Waals surface area (Å²) in [5.41, 5.74) is 2.46. The van der Waals surface area contributed by atoms with Crippen LogP contribution in [0.1, 0.15) is 43.4 Å². The van der Waals surface area contributed by atoms with E-state index in [1.807, 2.05) is 17.3 Å². The number of unbranched alkanes of at least 4 members (excludes halogenated alkanes) is 1. The lowest BCUT2D eigenvalue weighted by molar-refractivity contribution is -0.104. The number of nitrogens with zero attached hydrogens (tertiary/aromatic N) is 2. The first-order valence-electron chi connectivity index (χ1n) is 6.40. The van der Waals surface area contributed by atoms with Crippen LogP contribution in [0.2, 0.25) is 0 Å². The molecule has 1 aromatic rings. The smallest absolute Gasteiger partial charge is 0.144 e. The van der Waals surface area contributed by atoms with Crippen molar-refractivity contribution < 1.29 is 4.79 Å². The Hall–Kier alpha value is -1.90. The van der Waals surface area contributed by atoms with Crippen molar-refractivity contribution >= 4 is 12.5 Å². The van der Waals surface area contributed by atoms with E-state index in [2.05, 4.69) is 30.2 Å². The standard InChI is InChI=1S/C15H18N2O/c1-2-3-9-15-14-8-5-4-7-13(14)12-16-17(15)10-6-11-18/h4-8,10-12,15H,2-3,9H2,1H3. The maximum atomic E-state index is 10.4. The second kappa shape index (κ2) is 6.15. The van der Waals surface area contributed by atoms with Crippen LogP contribution >= 0.6 is 0 Å². The highest BCUT2D eigenvalue weighted by atomic mass is 16.1. The maximum absolute atomic E-state index is 10.4. The molecule has 0 saturated heterocycles. The summed E-state index contributed by atoms with van der Waals surface area (Å²) in [6.07, 6.45) is 9.24. The van der Waals surface area contributed by atoms with Crippen LogP contribution in [0.3, 0.4) is 0 Å². The van der Waals surface area contributed by atoms with Crippen LogP contribution in [-0.2, 0) is 4.79 Å². The van der Waals surface area contributed by atoms with Crippen molar-refractivity contribution in [1.82, 2.24) is 5.01 Å². The van der Waals surface area contributed by atoms with E-state index >= 15 is 0 Å². The summed E-state index contributed by atoms with van der Waals surface area (Å²) in [5.74, 6) is 0. The summed E-state index contributed by atoms with van der Waals surface area (Å²) in [5, 5.41) is 6.29. The molecular formula is C15H18N2O. The van der Waals surface area contributed by atoms with Crippen molar-refractivity contribution in [2.45, 2.75) is 32.2 Å². The molecule has 1 heterocycles. The topological polar surface area (TPSA) is 32.7 Å². The average molecular weight is 242 g/mol. The molecule has 0 saturated carbocycles. The summed E-state index contributed by atoms with van der Waals surface area (Å²) >= 11 is 0. The van der Waals surface area contributed by atoms with Crippen molar-refractivity contribution in [2.75, 3.05) is 0 Å². The molecule has 94 valence electrons. The lowest BCUT2D eigenvalue weighted by atomic mass is 9.95. The third-order valence-electron chi connectivity index (χ3n) is 3.15. The SMILES string of the molecule is CCCCC1c2ccccc2C=NN1C=CC=O. The zero-order chi connectivity index (χ0) is 12.8. The molecule has 1 atom stereocenters. The molecule has 1 aliphatic heterocycles. The first-order chi connectivity index (χ1) is 8.86. The van der Waals surface area contributed by atoms with Gasteiger partial charge in [0.25, 0.3) is 0 Å². The number of allylic oxidation sites excluding steroid dienone is 1. The molecule has 0 aromatic heterocycles. The molecule has 0 amide bonds. The number of rotatable bonds is 5. The average Bonchev–Trinajstić information content (AvgIpc) is 2.43. The predicted molar refractivity (Wildman–Crippen MR) is 73.3 cm³/mol. The van der Waals surface area contributed by atoms with Gasteiger partial charge >= 0.3 is 0 Å². The minimum Gasteiger partial charge on any atom is -0.299 e. The molecule has 0 aliphatic carbocycles. The number of fused-ring (bicyclic) bond motifs is 1. The Labute approximate surface area is 108 Å². The first-order valence-corrected chi connectivity index (χ1v) is 6.40. The van der Waals surface area contributed by atoms with Crippen molar-refractivity contribution in [3.05, 3.63) is 47.7 Å². The van der Waals surface area contributed by atoms with Gasteiger partial charge in [0, 0.05) is 6.20 Å². The van der Waals surface area contributed by atoms with Crippen molar-refractivity contribution in [3.63, 3.8) is 0 Å². The Morgan fingerprint density at radius 3 is 3.00 bits per heavy atom.